The molecule has 0 N–H and O–H groups in total. The SMILES string of the molecule is ClC1c2ccccc2C(Cl)c2nsnc21. The van der Waals surface area contributed by atoms with Crippen molar-refractivity contribution in [3.05, 3.63) is 46.8 Å². The van der Waals surface area contributed by atoms with Crippen LogP contribution in [0.4, 0.5) is 0 Å². The molecule has 15 heavy (non-hydrogen) atoms. The van der Waals surface area contributed by atoms with E-state index >= 15 is 0 Å². The first-order valence-electron chi connectivity index (χ1n) is 4.48. The van der Waals surface area contributed by atoms with Gasteiger partial charge in [0, 0.05) is 0 Å². The van der Waals surface area contributed by atoms with Gasteiger partial charge < -0.3 is 0 Å². The van der Waals surface area contributed by atoms with Crippen LogP contribution in [0.15, 0.2) is 24.3 Å². The van der Waals surface area contributed by atoms with Crippen LogP contribution in [-0.2, 0) is 0 Å². The molecular formula is C10H6Cl2N2S. The van der Waals surface area contributed by atoms with Gasteiger partial charge in [0.05, 0.1) is 11.7 Å². The number of aromatic nitrogens is 2. The number of fused-ring (bicyclic) bond motifs is 2. The highest BCUT2D eigenvalue weighted by Crippen LogP contribution is 2.45. The van der Waals surface area contributed by atoms with Crippen LogP contribution in [-0.4, -0.2) is 8.75 Å². The van der Waals surface area contributed by atoms with Gasteiger partial charge in [-0.2, -0.15) is 8.75 Å². The van der Waals surface area contributed by atoms with Crippen molar-refractivity contribution in [2.45, 2.75) is 10.8 Å². The molecule has 1 aromatic carbocycles. The van der Waals surface area contributed by atoms with E-state index in [1.54, 1.807) is 0 Å². The molecule has 0 radical (unpaired) electrons. The topological polar surface area (TPSA) is 25.8 Å². The largest absolute Gasteiger partial charge is 0.176 e. The number of rotatable bonds is 0. The standard InChI is InChI=1S/C10H6Cl2N2S/c11-7-5-3-1-2-4-6(5)8(12)10-9(7)13-15-14-10/h1-4,7-8H. The number of nitrogens with zero attached hydrogens (tertiary/aromatic N) is 2. The minimum Gasteiger partial charge on any atom is -0.176 e. The summed E-state index contributed by atoms with van der Waals surface area (Å²) in [6, 6.07) is 7.90. The zero-order valence-corrected chi connectivity index (χ0v) is 9.85. The summed E-state index contributed by atoms with van der Waals surface area (Å²) in [7, 11) is 0. The molecule has 2 atom stereocenters. The lowest BCUT2D eigenvalue weighted by atomic mass is 9.91. The molecule has 0 saturated heterocycles. The normalized spacial score (nSPS) is 23.3. The number of halogens is 2. The maximum absolute atomic E-state index is 6.33. The van der Waals surface area contributed by atoms with E-state index in [-0.39, 0.29) is 10.8 Å². The van der Waals surface area contributed by atoms with Gasteiger partial charge in [0.2, 0.25) is 0 Å². The fourth-order valence-corrected chi connectivity index (χ4v) is 3.27. The van der Waals surface area contributed by atoms with Crippen molar-refractivity contribution in [2.75, 3.05) is 0 Å². The third-order valence-corrected chi connectivity index (χ3v) is 4.00. The summed E-state index contributed by atoms with van der Waals surface area (Å²) < 4.78 is 8.40. The second-order valence-electron chi connectivity index (χ2n) is 3.39. The van der Waals surface area contributed by atoms with Crippen LogP contribution in [0.2, 0.25) is 0 Å². The third-order valence-electron chi connectivity index (χ3n) is 2.56. The first-order chi connectivity index (χ1) is 7.29. The van der Waals surface area contributed by atoms with Crippen LogP contribution in [0, 0.1) is 0 Å². The fraction of sp³-hybridized carbons (Fsp3) is 0.200. The Hall–Kier alpha value is -0.640. The Kier molecular flexibility index (Phi) is 2.20. The number of hydrogen-bond donors (Lipinski definition) is 0. The highest BCUT2D eigenvalue weighted by molar-refractivity contribution is 6.99. The Morgan fingerprint density at radius 3 is 1.87 bits per heavy atom. The molecule has 1 aliphatic carbocycles. The van der Waals surface area contributed by atoms with Gasteiger partial charge >= 0.3 is 0 Å². The summed E-state index contributed by atoms with van der Waals surface area (Å²) in [4.78, 5) is 0. The number of alkyl halides is 2. The van der Waals surface area contributed by atoms with E-state index in [0.29, 0.717) is 0 Å². The minimum absolute atomic E-state index is 0.218. The first-order valence-corrected chi connectivity index (χ1v) is 6.08. The smallest absolute Gasteiger partial charge is 0.104 e. The van der Waals surface area contributed by atoms with Crippen LogP contribution in [0.3, 0.4) is 0 Å². The first kappa shape index (κ1) is 9.58. The van der Waals surface area contributed by atoms with Crippen molar-refractivity contribution in [3.63, 3.8) is 0 Å². The van der Waals surface area contributed by atoms with E-state index in [0.717, 1.165) is 34.2 Å². The fourth-order valence-electron chi connectivity index (χ4n) is 1.82. The van der Waals surface area contributed by atoms with Crippen molar-refractivity contribution >= 4 is 34.9 Å². The second-order valence-corrected chi connectivity index (χ2v) is 4.79. The lowest BCUT2D eigenvalue weighted by Gasteiger charge is -2.22. The van der Waals surface area contributed by atoms with E-state index in [2.05, 4.69) is 8.75 Å². The predicted octanol–water partition coefficient (Wildman–Crippen LogP) is 3.51. The summed E-state index contributed by atoms with van der Waals surface area (Å²) in [6.45, 7) is 0. The highest BCUT2D eigenvalue weighted by Gasteiger charge is 2.33. The number of hydrogen-bond acceptors (Lipinski definition) is 3. The molecular weight excluding hydrogens is 251 g/mol. The summed E-state index contributed by atoms with van der Waals surface area (Å²) >= 11 is 13.8. The summed E-state index contributed by atoms with van der Waals surface area (Å²) in [5.74, 6) is 0. The zero-order valence-electron chi connectivity index (χ0n) is 7.52. The molecule has 0 fully saturated rings. The summed E-state index contributed by atoms with van der Waals surface area (Å²) in [5, 5.41) is -0.435. The van der Waals surface area contributed by atoms with Crippen molar-refractivity contribution in [1.29, 1.82) is 0 Å². The van der Waals surface area contributed by atoms with Crippen LogP contribution >= 0.6 is 34.9 Å². The molecule has 0 bridgehead atoms. The molecule has 1 aliphatic rings. The summed E-state index contributed by atoms with van der Waals surface area (Å²) in [6.07, 6.45) is 0. The maximum Gasteiger partial charge on any atom is 0.104 e. The Morgan fingerprint density at radius 1 is 0.933 bits per heavy atom. The third kappa shape index (κ3) is 1.30. The Balaban J connectivity index is 2.26. The van der Waals surface area contributed by atoms with Crippen LogP contribution in [0.5, 0.6) is 0 Å². The van der Waals surface area contributed by atoms with Gasteiger partial charge in [0.1, 0.15) is 22.1 Å². The van der Waals surface area contributed by atoms with E-state index in [1.165, 1.54) is 0 Å². The van der Waals surface area contributed by atoms with E-state index < -0.39 is 0 Å². The molecule has 0 amide bonds. The van der Waals surface area contributed by atoms with Crippen molar-refractivity contribution < 1.29 is 0 Å². The van der Waals surface area contributed by atoms with Gasteiger partial charge in [-0.15, -0.1) is 23.2 Å². The molecule has 0 aliphatic heterocycles. The molecule has 0 saturated carbocycles. The van der Waals surface area contributed by atoms with Gasteiger partial charge in [-0.05, 0) is 11.1 Å². The monoisotopic (exact) mass is 256 g/mol. The van der Waals surface area contributed by atoms with Gasteiger partial charge in [-0.1, -0.05) is 24.3 Å². The van der Waals surface area contributed by atoms with E-state index in [1.807, 2.05) is 24.3 Å². The molecule has 2 nitrogen and oxygen atoms in total. The van der Waals surface area contributed by atoms with Crippen molar-refractivity contribution in [3.8, 4) is 0 Å². The lowest BCUT2D eigenvalue weighted by molar-refractivity contribution is 0.908. The summed E-state index contributed by atoms with van der Waals surface area (Å²) in [5.41, 5.74) is 3.69. The lowest BCUT2D eigenvalue weighted by Crippen LogP contribution is -2.11. The number of benzene rings is 1. The van der Waals surface area contributed by atoms with Gasteiger partial charge in [0.25, 0.3) is 0 Å². The molecule has 5 heteroatoms. The Labute approximate surface area is 101 Å². The Bertz CT molecular complexity index is 468. The average Bonchev–Trinajstić information content (AvgIpc) is 2.75. The van der Waals surface area contributed by atoms with Crippen LogP contribution < -0.4 is 0 Å². The molecule has 0 spiro atoms. The quantitative estimate of drug-likeness (QED) is 0.675. The van der Waals surface area contributed by atoms with E-state index in [4.69, 9.17) is 23.2 Å². The van der Waals surface area contributed by atoms with E-state index in [9.17, 15) is 0 Å². The van der Waals surface area contributed by atoms with Crippen LogP contribution in [0.25, 0.3) is 0 Å². The highest BCUT2D eigenvalue weighted by atomic mass is 35.5. The van der Waals surface area contributed by atoms with Gasteiger partial charge in [0.15, 0.2) is 0 Å². The van der Waals surface area contributed by atoms with Crippen molar-refractivity contribution in [2.24, 2.45) is 0 Å². The molecule has 2 aromatic rings. The van der Waals surface area contributed by atoms with Crippen molar-refractivity contribution in [1.82, 2.24) is 8.75 Å². The molecule has 2 unspecified atom stereocenters. The predicted molar refractivity (Wildman–Crippen MR) is 61.7 cm³/mol. The molecule has 1 heterocycles. The maximum atomic E-state index is 6.33. The zero-order chi connectivity index (χ0) is 10.4. The van der Waals surface area contributed by atoms with Crippen LogP contribution in [0.1, 0.15) is 33.3 Å². The van der Waals surface area contributed by atoms with Gasteiger partial charge in [-0.25, -0.2) is 0 Å². The molecule has 3 rings (SSSR count). The second kappa shape index (κ2) is 3.44. The molecule has 76 valence electrons. The minimum atomic E-state index is -0.218. The average molecular weight is 257 g/mol. The Morgan fingerprint density at radius 2 is 1.40 bits per heavy atom. The van der Waals surface area contributed by atoms with Gasteiger partial charge in [-0.3, -0.25) is 0 Å². The molecule has 1 aromatic heterocycles.